The van der Waals surface area contributed by atoms with Crippen LogP contribution in [-0.2, 0) is 6.42 Å². The summed E-state index contributed by atoms with van der Waals surface area (Å²) in [7, 11) is 0. The number of hydrogen-bond acceptors (Lipinski definition) is 2. The molecule has 0 fully saturated rings. The van der Waals surface area contributed by atoms with Gasteiger partial charge in [0.05, 0.1) is 11.8 Å². The monoisotopic (exact) mass is 304 g/mol. The van der Waals surface area contributed by atoms with Crippen molar-refractivity contribution < 1.29 is 4.42 Å². The second-order valence-electron chi connectivity index (χ2n) is 5.99. The number of nitrogens with one attached hydrogen (secondary N) is 1. The Hall–Kier alpha value is -2.55. The Balaban J connectivity index is 1.93. The van der Waals surface area contributed by atoms with Crippen molar-refractivity contribution in [3.8, 4) is 11.5 Å². The van der Waals surface area contributed by atoms with Crippen molar-refractivity contribution in [3.63, 3.8) is 0 Å². The maximum Gasteiger partial charge on any atom is 0.154 e. The Kier molecular flexibility index (Phi) is 3.62. The largest absolute Gasteiger partial charge is 0.463 e. The lowest BCUT2D eigenvalue weighted by molar-refractivity contribution is 0.580. The highest BCUT2D eigenvalue weighted by Gasteiger charge is 2.14. The summed E-state index contributed by atoms with van der Waals surface area (Å²) in [6, 6.07) is 14.5. The summed E-state index contributed by atoms with van der Waals surface area (Å²) < 4.78 is 5.62. The fourth-order valence-electron chi connectivity index (χ4n) is 3.17. The minimum Gasteiger partial charge on any atom is -0.463 e. The van der Waals surface area contributed by atoms with Gasteiger partial charge in [-0.15, -0.1) is 0 Å². The highest BCUT2D eigenvalue weighted by atomic mass is 16.3. The lowest BCUT2D eigenvalue weighted by atomic mass is 10.1. The van der Waals surface area contributed by atoms with Crippen molar-refractivity contribution in [2.75, 3.05) is 0 Å². The van der Waals surface area contributed by atoms with Gasteiger partial charge in [0.1, 0.15) is 5.69 Å². The molecule has 0 bridgehead atoms. The Labute approximate surface area is 135 Å². The molecule has 0 spiro atoms. The van der Waals surface area contributed by atoms with Gasteiger partial charge in [0.25, 0.3) is 0 Å². The fourth-order valence-corrected chi connectivity index (χ4v) is 3.17. The van der Waals surface area contributed by atoms with Gasteiger partial charge in [-0.25, -0.2) is 4.98 Å². The third-order valence-electron chi connectivity index (χ3n) is 4.34. The standard InChI is InChI=1S/C20H20N2O/c1-2-3-4-8-14-13-16-15-9-5-6-10-17(15)22-19(16)20(21-14)18-11-7-12-23-18/h5-7,9-13,22H,2-4,8H2,1H3. The molecule has 0 saturated heterocycles. The third kappa shape index (κ3) is 2.52. The molecule has 1 N–H and O–H groups in total. The van der Waals surface area contributed by atoms with Gasteiger partial charge in [-0.2, -0.15) is 0 Å². The number of rotatable bonds is 5. The zero-order chi connectivity index (χ0) is 15.6. The van der Waals surface area contributed by atoms with E-state index < -0.39 is 0 Å². The van der Waals surface area contributed by atoms with E-state index in [2.05, 4.69) is 42.2 Å². The number of furan rings is 1. The maximum absolute atomic E-state index is 5.62. The van der Waals surface area contributed by atoms with Crippen LogP contribution in [0.5, 0.6) is 0 Å². The first-order chi connectivity index (χ1) is 11.4. The molecule has 0 aliphatic rings. The average molecular weight is 304 g/mol. The van der Waals surface area contributed by atoms with Gasteiger partial charge >= 0.3 is 0 Å². The predicted molar refractivity (Wildman–Crippen MR) is 94.5 cm³/mol. The summed E-state index contributed by atoms with van der Waals surface area (Å²) in [5, 5.41) is 2.47. The molecule has 1 aromatic carbocycles. The van der Waals surface area contributed by atoms with Crippen molar-refractivity contribution in [2.24, 2.45) is 0 Å². The third-order valence-corrected chi connectivity index (χ3v) is 4.34. The van der Waals surface area contributed by atoms with E-state index in [0.717, 1.165) is 34.6 Å². The summed E-state index contributed by atoms with van der Waals surface area (Å²) in [6.07, 6.45) is 6.35. The molecule has 0 amide bonds. The highest BCUT2D eigenvalue weighted by Crippen LogP contribution is 2.33. The summed E-state index contributed by atoms with van der Waals surface area (Å²) in [6.45, 7) is 2.23. The number of aromatic nitrogens is 2. The van der Waals surface area contributed by atoms with Crippen LogP contribution in [0, 0.1) is 0 Å². The number of benzene rings is 1. The molecule has 3 heteroatoms. The van der Waals surface area contributed by atoms with Gasteiger partial charge in [-0.3, -0.25) is 0 Å². The second-order valence-corrected chi connectivity index (χ2v) is 5.99. The normalized spacial score (nSPS) is 11.5. The SMILES string of the molecule is CCCCCc1cc2c([nH]c3ccccc32)c(-c2ccco2)n1. The number of fused-ring (bicyclic) bond motifs is 3. The quantitative estimate of drug-likeness (QED) is 0.480. The van der Waals surface area contributed by atoms with Crippen LogP contribution >= 0.6 is 0 Å². The van der Waals surface area contributed by atoms with E-state index in [1.807, 2.05) is 12.1 Å². The van der Waals surface area contributed by atoms with Crippen molar-refractivity contribution in [2.45, 2.75) is 32.6 Å². The van der Waals surface area contributed by atoms with Crippen LogP contribution in [0.25, 0.3) is 33.3 Å². The van der Waals surface area contributed by atoms with Crippen LogP contribution in [0.1, 0.15) is 31.9 Å². The number of hydrogen-bond donors (Lipinski definition) is 1. The summed E-state index contributed by atoms with van der Waals surface area (Å²) in [5.74, 6) is 0.818. The smallest absolute Gasteiger partial charge is 0.154 e. The molecule has 116 valence electrons. The first-order valence-corrected chi connectivity index (χ1v) is 8.31. The van der Waals surface area contributed by atoms with Gasteiger partial charge in [-0.1, -0.05) is 38.0 Å². The molecule has 3 nitrogen and oxygen atoms in total. The van der Waals surface area contributed by atoms with E-state index in [4.69, 9.17) is 9.40 Å². The summed E-state index contributed by atoms with van der Waals surface area (Å²) >= 11 is 0. The number of pyridine rings is 1. The van der Waals surface area contributed by atoms with E-state index in [1.54, 1.807) is 6.26 Å². The fraction of sp³-hybridized carbons (Fsp3) is 0.250. The molecule has 0 aliphatic carbocycles. The van der Waals surface area contributed by atoms with Crippen molar-refractivity contribution in [3.05, 3.63) is 54.4 Å². The molecular weight excluding hydrogens is 284 g/mol. The summed E-state index contributed by atoms with van der Waals surface area (Å²) in [5.41, 5.74) is 4.25. The minimum absolute atomic E-state index is 0.818. The van der Waals surface area contributed by atoms with Crippen LogP contribution in [0.2, 0.25) is 0 Å². The molecule has 3 aromatic heterocycles. The Morgan fingerprint density at radius 2 is 1.96 bits per heavy atom. The van der Waals surface area contributed by atoms with Crippen molar-refractivity contribution in [1.29, 1.82) is 0 Å². The molecule has 0 saturated carbocycles. The van der Waals surface area contributed by atoms with Crippen LogP contribution in [0.3, 0.4) is 0 Å². The van der Waals surface area contributed by atoms with Crippen molar-refractivity contribution >= 4 is 21.8 Å². The minimum atomic E-state index is 0.818. The maximum atomic E-state index is 5.62. The molecule has 3 heterocycles. The zero-order valence-corrected chi connectivity index (χ0v) is 13.3. The molecule has 4 rings (SSSR count). The number of aryl methyl sites for hydroxylation is 1. The second kappa shape index (κ2) is 5.92. The lowest BCUT2D eigenvalue weighted by Gasteiger charge is -2.05. The number of nitrogens with zero attached hydrogens (tertiary/aromatic N) is 1. The first-order valence-electron chi connectivity index (χ1n) is 8.31. The van der Waals surface area contributed by atoms with Gasteiger partial charge in [0.2, 0.25) is 0 Å². The van der Waals surface area contributed by atoms with Gasteiger partial charge < -0.3 is 9.40 Å². The van der Waals surface area contributed by atoms with Crippen LogP contribution in [0.15, 0.2) is 53.1 Å². The van der Waals surface area contributed by atoms with Crippen LogP contribution in [-0.4, -0.2) is 9.97 Å². The molecule has 0 unspecified atom stereocenters. The summed E-state index contributed by atoms with van der Waals surface area (Å²) in [4.78, 5) is 8.39. The van der Waals surface area contributed by atoms with E-state index in [0.29, 0.717) is 0 Å². The van der Waals surface area contributed by atoms with E-state index in [-0.39, 0.29) is 0 Å². The van der Waals surface area contributed by atoms with Gasteiger partial charge in [0.15, 0.2) is 5.76 Å². The number of H-pyrrole nitrogens is 1. The molecular formula is C20H20N2O. The van der Waals surface area contributed by atoms with Crippen LogP contribution in [0.4, 0.5) is 0 Å². The first kappa shape index (κ1) is 14.1. The number of para-hydroxylation sites is 1. The number of unbranched alkanes of at least 4 members (excludes halogenated alkanes) is 2. The topological polar surface area (TPSA) is 41.8 Å². The zero-order valence-electron chi connectivity index (χ0n) is 13.3. The average Bonchev–Trinajstić information content (AvgIpc) is 3.22. The van der Waals surface area contributed by atoms with Gasteiger partial charge in [-0.05, 0) is 37.1 Å². The van der Waals surface area contributed by atoms with Gasteiger partial charge in [0, 0.05) is 22.0 Å². The van der Waals surface area contributed by atoms with E-state index >= 15 is 0 Å². The molecule has 0 radical (unpaired) electrons. The molecule has 23 heavy (non-hydrogen) atoms. The number of aromatic amines is 1. The molecule has 0 aliphatic heterocycles. The molecule has 4 aromatic rings. The highest BCUT2D eigenvalue weighted by molar-refractivity contribution is 6.10. The predicted octanol–water partition coefficient (Wildman–Crippen LogP) is 5.71. The Morgan fingerprint density at radius 3 is 2.78 bits per heavy atom. The Morgan fingerprint density at radius 1 is 1.04 bits per heavy atom. The Bertz CT molecular complexity index is 935. The van der Waals surface area contributed by atoms with Crippen LogP contribution < -0.4 is 0 Å². The molecule has 0 atom stereocenters. The lowest BCUT2D eigenvalue weighted by Crippen LogP contribution is -1.94. The van der Waals surface area contributed by atoms with E-state index in [1.165, 1.54) is 30.0 Å². The van der Waals surface area contributed by atoms with Crippen molar-refractivity contribution in [1.82, 2.24) is 9.97 Å². The van der Waals surface area contributed by atoms with E-state index in [9.17, 15) is 0 Å².